The van der Waals surface area contributed by atoms with E-state index in [0.29, 0.717) is 5.88 Å². The molecule has 4 aromatic rings. The zero-order chi connectivity index (χ0) is 21.4. The zero-order valence-corrected chi connectivity index (χ0v) is 17.4. The standard InChI is InChI=1S/C21H24N8O2/c1-22-18-9-17-16(12-23-18)21(13-10-24-25-11-13)27-29(17)14-3-5-15(6-4-14)31-19-7-8-20(30)28(2)26-19/h7-12,14-15H,3-6H2,1-2H3,(H,22,23)(H,24,25)/t14-,15+. The number of hydrogen-bond donors (Lipinski definition) is 2. The lowest BCUT2D eigenvalue weighted by Crippen LogP contribution is -2.27. The summed E-state index contributed by atoms with van der Waals surface area (Å²) in [5.41, 5.74) is 2.73. The number of aromatic nitrogens is 7. The molecule has 0 amide bonds. The van der Waals surface area contributed by atoms with Gasteiger partial charge >= 0.3 is 0 Å². The maximum absolute atomic E-state index is 11.5. The first-order valence-electron chi connectivity index (χ1n) is 10.4. The van der Waals surface area contributed by atoms with Gasteiger partial charge in [0.2, 0.25) is 5.88 Å². The van der Waals surface area contributed by atoms with Gasteiger partial charge < -0.3 is 10.1 Å². The molecule has 0 aliphatic heterocycles. The first-order chi connectivity index (χ1) is 15.1. The lowest BCUT2D eigenvalue weighted by atomic mass is 9.93. The van der Waals surface area contributed by atoms with Crippen LogP contribution in [0, 0.1) is 0 Å². The Morgan fingerprint density at radius 1 is 1.16 bits per heavy atom. The molecule has 1 saturated carbocycles. The second-order valence-electron chi connectivity index (χ2n) is 7.80. The first-order valence-corrected chi connectivity index (χ1v) is 10.4. The van der Waals surface area contributed by atoms with Crippen molar-refractivity contribution in [3.63, 3.8) is 0 Å². The van der Waals surface area contributed by atoms with Gasteiger partial charge in [-0.25, -0.2) is 9.67 Å². The molecule has 0 spiro atoms. The summed E-state index contributed by atoms with van der Waals surface area (Å²) in [6, 6.07) is 5.43. The minimum Gasteiger partial charge on any atom is -0.473 e. The quantitative estimate of drug-likeness (QED) is 0.510. The van der Waals surface area contributed by atoms with Gasteiger partial charge in [0.15, 0.2) is 0 Å². The minimum absolute atomic E-state index is 0.0750. The normalized spacial score (nSPS) is 18.9. The van der Waals surface area contributed by atoms with Gasteiger partial charge in [0.1, 0.15) is 17.6 Å². The van der Waals surface area contributed by atoms with Gasteiger partial charge in [0, 0.05) is 55.6 Å². The van der Waals surface area contributed by atoms with E-state index in [1.54, 1.807) is 19.3 Å². The van der Waals surface area contributed by atoms with Crippen LogP contribution in [0.4, 0.5) is 5.82 Å². The van der Waals surface area contributed by atoms with E-state index in [0.717, 1.165) is 53.7 Å². The number of H-pyrrole nitrogens is 1. The van der Waals surface area contributed by atoms with E-state index >= 15 is 0 Å². The molecule has 0 saturated heterocycles. The van der Waals surface area contributed by atoms with Gasteiger partial charge in [-0.15, -0.1) is 5.10 Å². The van der Waals surface area contributed by atoms with Crippen LogP contribution in [-0.4, -0.2) is 47.9 Å². The van der Waals surface area contributed by atoms with Crippen molar-refractivity contribution in [2.75, 3.05) is 12.4 Å². The Morgan fingerprint density at radius 3 is 2.71 bits per heavy atom. The molecule has 0 aromatic carbocycles. The van der Waals surface area contributed by atoms with E-state index in [1.807, 2.05) is 25.5 Å². The highest BCUT2D eigenvalue weighted by molar-refractivity contribution is 5.93. The van der Waals surface area contributed by atoms with Crippen LogP contribution < -0.4 is 15.6 Å². The van der Waals surface area contributed by atoms with E-state index < -0.39 is 0 Å². The van der Waals surface area contributed by atoms with E-state index in [2.05, 4.69) is 30.3 Å². The number of ether oxygens (including phenoxy) is 1. The monoisotopic (exact) mass is 420 g/mol. The lowest BCUT2D eigenvalue weighted by molar-refractivity contribution is 0.123. The van der Waals surface area contributed by atoms with Crippen LogP contribution in [-0.2, 0) is 7.05 Å². The van der Waals surface area contributed by atoms with E-state index in [1.165, 1.54) is 10.7 Å². The number of hydrogen-bond acceptors (Lipinski definition) is 7. The van der Waals surface area contributed by atoms with Crippen LogP contribution in [0.1, 0.15) is 31.7 Å². The van der Waals surface area contributed by atoms with Crippen molar-refractivity contribution in [2.24, 2.45) is 7.05 Å². The van der Waals surface area contributed by atoms with Crippen LogP contribution >= 0.6 is 0 Å². The molecule has 10 nitrogen and oxygen atoms in total. The summed E-state index contributed by atoms with van der Waals surface area (Å²) in [6.07, 6.45) is 9.23. The Morgan fingerprint density at radius 2 is 2.00 bits per heavy atom. The number of fused-ring (bicyclic) bond motifs is 1. The van der Waals surface area contributed by atoms with Gasteiger partial charge in [-0.3, -0.25) is 14.6 Å². The van der Waals surface area contributed by atoms with Crippen molar-refractivity contribution in [2.45, 2.75) is 37.8 Å². The number of aryl methyl sites for hydroxylation is 1. The molecule has 4 heterocycles. The summed E-state index contributed by atoms with van der Waals surface area (Å²) in [5.74, 6) is 1.30. The van der Waals surface area contributed by atoms with E-state index in [9.17, 15) is 4.79 Å². The average Bonchev–Trinajstić information content (AvgIpc) is 3.44. The Labute approximate surface area is 178 Å². The fourth-order valence-electron chi connectivity index (χ4n) is 4.16. The fourth-order valence-corrected chi connectivity index (χ4v) is 4.16. The van der Waals surface area contributed by atoms with Gasteiger partial charge in [-0.2, -0.15) is 10.2 Å². The van der Waals surface area contributed by atoms with Gasteiger partial charge in [-0.1, -0.05) is 0 Å². The summed E-state index contributed by atoms with van der Waals surface area (Å²) in [7, 11) is 3.49. The molecule has 5 rings (SSSR count). The summed E-state index contributed by atoms with van der Waals surface area (Å²) >= 11 is 0. The molecule has 2 N–H and O–H groups in total. The highest BCUT2D eigenvalue weighted by atomic mass is 16.5. The molecule has 10 heteroatoms. The summed E-state index contributed by atoms with van der Waals surface area (Å²) in [6.45, 7) is 0. The predicted molar refractivity (Wildman–Crippen MR) is 116 cm³/mol. The Kier molecular flexibility index (Phi) is 4.89. The first kappa shape index (κ1) is 19.3. The van der Waals surface area contributed by atoms with Crippen LogP contribution in [0.3, 0.4) is 0 Å². The molecular weight excluding hydrogens is 396 g/mol. The van der Waals surface area contributed by atoms with Crippen molar-refractivity contribution in [3.05, 3.63) is 47.1 Å². The topological polar surface area (TPSA) is 116 Å². The molecule has 1 aliphatic carbocycles. The largest absolute Gasteiger partial charge is 0.473 e. The number of aromatic amines is 1. The van der Waals surface area contributed by atoms with Gasteiger partial charge in [0.05, 0.1) is 17.8 Å². The molecule has 160 valence electrons. The number of anilines is 1. The lowest BCUT2D eigenvalue weighted by Gasteiger charge is -2.29. The Balaban J connectivity index is 1.39. The second-order valence-corrected chi connectivity index (χ2v) is 7.80. The highest BCUT2D eigenvalue weighted by Crippen LogP contribution is 2.36. The van der Waals surface area contributed by atoms with Crippen LogP contribution in [0.15, 0.2) is 41.6 Å². The van der Waals surface area contributed by atoms with Crippen LogP contribution in [0.2, 0.25) is 0 Å². The predicted octanol–water partition coefficient (Wildman–Crippen LogP) is 2.52. The number of rotatable bonds is 5. The number of nitrogens with zero attached hydrogens (tertiary/aromatic N) is 6. The van der Waals surface area contributed by atoms with Gasteiger partial charge in [0.25, 0.3) is 5.56 Å². The number of pyridine rings is 1. The van der Waals surface area contributed by atoms with Crippen LogP contribution in [0.25, 0.3) is 22.2 Å². The Hall–Kier alpha value is -3.69. The summed E-state index contributed by atoms with van der Waals surface area (Å²) in [4.78, 5) is 16.0. The second kappa shape index (κ2) is 7.86. The third-order valence-electron chi connectivity index (χ3n) is 5.83. The molecule has 0 atom stereocenters. The fraction of sp³-hybridized carbons (Fsp3) is 0.381. The van der Waals surface area contributed by atoms with Crippen molar-refractivity contribution < 1.29 is 4.74 Å². The third kappa shape index (κ3) is 3.65. The van der Waals surface area contributed by atoms with Crippen molar-refractivity contribution in [1.82, 2.24) is 34.7 Å². The van der Waals surface area contributed by atoms with E-state index in [-0.39, 0.29) is 17.7 Å². The summed E-state index contributed by atoms with van der Waals surface area (Å²) < 4.78 is 9.45. The average molecular weight is 420 g/mol. The van der Waals surface area contributed by atoms with E-state index in [4.69, 9.17) is 9.84 Å². The van der Waals surface area contributed by atoms with Crippen molar-refractivity contribution in [3.8, 4) is 17.1 Å². The molecule has 0 radical (unpaired) electrons. The third-order valence-corrected chi connectivity index (χ3v) is 5.83. The van der Waals surface area contributed by atoms with Crippen molar-refractivity contribution >= 4 is 16.7 Å². The molecule has 0 unspecified atom stereocenters. The maximum Gasteiger partial charge on any atom is 0.266 e. The molecule has 4 aromatic heterocycles. The maximum atomic E-state index is 11.5. The molecule has 1 fully saturated rings. The van der Waals surface area contributed by atoms with Gasteiger partial charge in [-0.05, 0) is 25.7 Å². The van der Waals surface area contributed by atoms with Crippen LogP contribution in [0.5, 0.6) is 5.88 Å². The molecule has 1 aliphatic rings. The Bertz CT molecular complexity index is 1250. The number of nitrogens with one attached hydrogen (secondary N) is 2. The van der Waals surface area contributed by atoms with Crippen molar-refractivity contribution in [1.29, 1.82) is 0 Å². The SMILES string of the molecule is CNc1cc2c(cn1)c(-c1cn[nH]c1)nn2[C@H]1CC[C@@H](Oc2ccc(=O)n(C)n2)CC1. The molecule has 31 heavy (non-hydrogen) atoms. The minimum atomic E-state index is -0.148. The zero-order valence-electron chi connectivity index (χ0n) is 17.4. The molecular formula is C21H24N8O2. The summed E-state index contributed by atoms with van der Waals surface area (Å²) in [5, 5.41) is 20.2. The smallest absolute Gasteiger partial charge is 0.266 e. The highest BCUT2D eigenvalue weighted by Gasteiger charge is 2.27. The molecule has 0 bridgehead atoms.